The van der Waals surface area contributed by atoms with Gasteiger partial charge in [-0.05, 0) is 37.0 Å². The van der Waals surface area contributed by atoms with Crippen molar-refractivity contribution in [3.8, 4) is 0 Å². The number of hydrogen-bond donors (Lipinski definition) is 0. The molecule has 80 valence electrons. The molecule has 3 heteroatoms. The average molecular weight is 268 g/mol. The molecule has 0 N–H and O–H groups in total. The fourth-order valence-corrected chi connectivity index (χ4v) is 2.08. The fourth-order valence-electron chi connectivity index (χ4n) is 1.73. The smallest absolute Gasteiger partial charge is 0.152 e. The molecule has 1 aromatic rings. The maximum Gasteiger partial charge on any atom is 0.152 e. The molecule has 0 saturated heterocycles. The monoisotopic (exact) mass is 267 g/mol. The van der Waals surface area contributed by atoms with Crippen LogP contribution in [0.1, 0.15) is 23.2 Å². The molecule has 1 saturated carbocycles. The Balaban J connectivity index is 2.22. The molecule has 0 spiro atoms. The van der Waals surface area contributed by atoms with Gasteiger partial charge in [0.05, 0.1) is 0 Å². The molecule has 0 heterocycles. The van der Waals surface area contributed by atoms with Crippen LogP contribution in [0.15, 0.2) is 22.7 Å². The first-order valence-electron chi connectivity index (χ1n) is 5.16. The summed E-state index contributed by atoms with van der Waals surface area (Å²) in [5.41, 5.74) is 1.78. The highest BCUT2D eigenvalue weighted by Crippen LogP contribution is 2.32. The SMILES string of the molecule is CN(CC1CC1)c1cc(Br)ccc1C=O. The topological polar surface area (TPSA) is 20.3 Å². The first-order chi connectivity index (χ1) is 7.20. The van der Waals surface area contributed by atoms with Gasteiger partial charge < -0.3 is 4.90 Å². The second-order valence-electron chi connectivity index (χ2n) is 4.14. The minimum atomic E-state index is 0.765. The molecule has 2 nitrogen and oxygen atoms in total. The summed E-state index contributed by atoms with van der Waals surface area (Å²) in [6, 6.07) is 5.76. The van der Waals surface area contributed by atoms with Gasteiger partial charge in [-0.25, -0.2) is 0 Å². The van der Waals surface area contributed by atoms with Crippen LogP contribution in [0.4, 0.5) is 5.69 Å². The van der Waals surface area contributed by atoms with E-state index in [0.717, 1.165) is 34.5 Å². The van der Waals surface area contributed by atoms with E-state index >= 15 is 0 Å². The molecule has 15 heavy (non-hydrogen) atoms. The molecular weight excluding hydrogens is 254 g/mol. The van der Waals surface area contributed by atoms with Gasteiger partial charge in [-0.3, -0.25) is 4.79 Å². The van der Waals surface area contributed by atoms with Gasteiger partial charge in [0.15, 0.2) is 6.29 Å². The van der Waals surface area contributed by atoms with Crippen LogP contribution >= 0.6 is 15.9 Å². The van der Waals surface area contributed by atoms with E-state index < -0.39 is 0 Å². The molecule has 1 aromatic carbocycles. The summed E-state index contributed by atoms with van der Waals surface area (Å²) in [6.07, 6.45) is 3.58. The number of anilines is 1. The van der Waals surface area contributed by atoms with Crippen molar-refractivity contribution >= 4 is 27.9 Å². The summed E-state index contributed by atoms with van der Waals surface area (Å²) in [4.78, 5) is 13.1. The molecule has 2 rings (SSSR count). The van der Waals surface area contributed by atoms with Gasteiger partial charge in [0.1, 0.15) is 0 Å². The lowest BCUT2D eigenvalue weighted by Crippen LogP contribution is -2.21. The van der Waals surface area contributed by atoms with Gasteiger partial charge in [-0.1, -0.05) is 15.9 Å². The third-order valence-corrected chi connectivity index (χ3v) is 3.25. The summed E-state index contributed by atoms with van der Waals surface area (Å²) in [5, 5.41) is 0. The third-order valence-electron chi connectivity index (χ3n) is 2.76. The number of nitrogens with zero attached hydrogens (tertiary/aromatic N) is 1. The second kappa shape index (κ2) is 4.35. The second-order valence-corrected chi connectivity index (χ2v) is 5.06. The summed E-state index contributed by atoms with van der Waals surface area (Å²) in [6.45, 7) is 1.05. The largest absolute Gasteiger partial charge is 0.374 e. The van der Waals surface area contributed by atoms with Crippen molar-refractivity contribution in [1.82, 2.24) is 0 Å². The van der Waals surface area contributed by atoms with Gasteiger partial charge in [0.2, 0.25) is 0 Å². The molecule has 0 atom stereocenters. The zero-order chi connectivity index (χ0) is 10.8. The van der Waals surface area contributed by atoms with Crippen LogP contribution in [0.25, 0.3) is 0 Å². The predicted molar refractivity (Wildman–Crippen MR) is 65.5 cm³/mol. The van der Waals surface area contributed by atoms with Crippen molar-refractivity contribution in [2.45, 2.75) is 12.8 Å². The van der Waals surface area contributed by atoms with Crippen LogP contribution in [0.3, 0.4) is 0 Å². The zero-order valence-electron chi connectivity index (χ0n) is 8.74. The number of aldehydes is 1. The van der Waals surface area contributed by atoms with Gasteiger partial charge >= 0.3 is 0 Å². The number of halogens is 1. The molecular formula is C12H14BrNO. The lowest BCUT2D eigenvalue weighted by molar-refractivity contribution is 0.112. The van der Waals surface area contributed by atoms with Crippen molar-refractivity contribution in [2.75, 3.05) is 18.5 Å². The standard InChI is InChI=1S/C12H14BrNO/c1-14(7-9-2-3-9)12-6-11(13)5-4-10(12)8-15/h4-6,8-9H,2-3,7H2,1H3. The van der Waals surface area contributed by atoms with Crippen LogP contribution in [0, 0.1) is 5.92 Å². The Morgan fingerprint density at radius 1 is 1.53 bits per heavy atom. The number of hydrogen-bond acceptors (Lipinski definition) is 2. The summed E-state index contributed by atoms with van der Waals surface area (Å²) >= 11 is 3.43. The van der Waals surface area contributed by atoms with Crippen LogP contribution < -0.4 is 4.90 Å². The highest BCUT2D eigenvalue weighted by Gasteiger charge is 2.23. The summed E-state index contributed by atoms with van der Waals surface area (Å²) < 4.78 is 1.02. The lowest BCUT2D eigenvalue weighted by atomic mass is 10.2. The molecule has 0 amide bonds. The van der Waals surface area contributed by atoms with Crippen LogP contribution in [0.5, 0.6) is 0 Å². The molecule has 0 unspecified atom stereocenters. The van der Waals surface area contributed by atoms with Gasteiger partial charge in [0, 0.05) is 29.3 Å². The Morgan fingerprint density at radius 3 is 2.87 bits per heavy atom. The van der Waals surface area contributed by atoms with Gasteiger partial charge in [-0.15, -0.1) is 0 Å². The first kappa shape index (κ1) is 10.7. The van der Waals surface area contributed by atoms with Gasteiger partial charge in [-0.2, -0.15) is 0 Å². The number of rotatable bonds is 4. The molecule has 0 radical (unpaired) electrons. The van der Waals surface area contributed by atoms with Crippen LogP contribution in [-0.2, 0) is 0 Å². The Hall–Kier alpha value is -0.830. The molecule has 1 fully saturated rings. The Kier molecular flexibility index (Phi) is 3.10. The Morgan fingerprint density at radius 2 is 2.27 bits per heavy atom. The van der Waals surface area contributed by atoms with Crippen molar-refractivity contribution in [3.05, 3.63) is 28.2 Å². The van der Waals surface area contributed by atoms with Crippen LogP contribution in [0.2, 0.25) is 0 Å². The first-order valence-corrected chi connectivity index (χ1v) is 5.96. The number of carbonyl (C=O) groups excluding carboxylic acids is 1. The average Bonchev–Trinajstić information content (AvgIpc) is 3.01. The van der Waals surface area contributed by atoms with E-state index in [2.05, 4.69) is 20.8 Å². The molecule has 0 aromatic heterocycles. The predicted octanol–water partition coefficient (Wildman–Crippen LogP) is 3.11. The fraction of sp³-hybridized carbons (Fsp3) is 0.417. The zero-order valence-corrected chi connectivity index (χ0v) is 10.3. The maximum absolute atomic E-state index is 10.9. The van der Waals surface area contributed by atoms with E-state index in [1.54, 1.807) is 0 Å². The van der Waals surface area contributed by atoms with E-state index in [0.29, 0.717) is 0 Å². The quantitative estimate of drug-likeness (QED) is 0.782. The highest BCUT2D eigenvalue weighted by atomic mass is 79.9. The molecule has 1 aliphatic rings. The molecule has 0 aliphatic heterocycles. The summed E-state index contributed by atoms with van der Waals surface area (Å²) in [5.74, 6) is 0.827. The third kappa shape index (κ3) is 2.59. The van der Waals surface area contributed by atoms with E-state index in [1.807, 2.05) is 25.2 Å². The molecule has 1 aliphatic carbocycles. The molecule has 0 bridgehead atoms. The van der Waals surface area contributed by atoms with E-state index in [1.165, 1.54) is 12.8 Å². The van der Waals surface area contributed by atoms with Crippen molar-refractivity contribution < 1.29 is 4.79 Å². The lowest BCUT2D eigenvalue weighted by Gasteiger charge is -2.20. The normalized spacial score (nSPS) is 15.1. The minimum Gasteiger partial charge on any atom is -0.374 e. The number of carbonyl (C=O) groups is 1. The van der Waals surface area contributed by atoms with Gasteiger partial charge in [0.25, 0.3) is 0 Å². The van der Waals surface area contributed by atoms with Crippen LogP contribution in [-0.4, -0.2) is 19.9 Å². The van der Waals surface area contributed by atoms with E-state index in [4.69, 9.17) is 0 Å². The van der Waals surface area contributed by atoms with Crippen molar-refractivity contribution in [1.29, 1.82) is 0 Å². The summed E-state index contributed by atoms with van der Waals surface area (Å²) in [7, 11) is 2.05. The van der Waals surface area contributed by atoms with E-state index in [-0.39, 0.29) is 0 Å². The van der Waals surface area contributed by atoms with E-state index in [9.17, 15) is 4.79 Å². The number of benzene rings is 1. The van der Waals surface area contributed by atoms with Crippen molar-refractivity contribution in [3.63, 3.8) is 0 Å². The maximum atomic E-state index is 10.9. The highest BCUT2D eigenvalue weighted by molar-refractivity contribution is 9.10. The van der Waals surface area contributed by atoms with Crippen molar-refractivity contribution in [2.24, 2.45) is 5.92 Å². The minimum absolute atomic E-state index is 0.765. The Labute approximate surface area is 98.4 Å². The Bertz CT molecular complexity index is 374.